The Balaban J connectivity index is 1.60. The summed E-state index contributed by atoms with van der Waals surface area (Å²) in [6.07, 6.45) is 4.26. The largest absolute Gasteiger partial charge is 0.488 e. The molecule has 1 aromatic heterocycles. The van der Waals surface area contributed by atoms with Gasteiger partial charge in [-0.3, -0.25) is 4.79 Å². The highest BCUT2D eigenvalue weighted by atomic mass is 16.5. The van der Waals surface area contributed by atoms with Crippen molar-refractivity contribution in [2.45, 2.75) is 72.1 Å². The van der Waals surface area contributed by atoms with Crippen molar-refractivity contribution in [2.75, 3.05) is 19.8 Å². The first kappa shape index (κ1) is 27.6. The SMILES string of the molecule is CCc1ccc(OCCN[C@H](C)Cc2cc(C(N)=O)c3c(ccn3CCCO)c2)c(OC(C)(C)C)c1. The van der Waals surface area contributed by atoms with Crippen molar-refractivity contribution in [3.05, 3.63) is 59.3 Å². The molecule has 0 radical (unpaired) electrons. The third-order valence-corrected chi connectivity index (χ3v) is 5.97. The van der Waals surface area contributed by atoms with Crippen LogP contribution in [0.5, 0.6) is 11.5 Å². The molecular formula is C29H41N3O4. The smallest absolute Gasteiger partial charge is 0.250 e. The fourth-order valence-corrected chi connectivity index (χ4v) is 4.34. The first-order valence-electron chi connectivity index (χ1n) is 12.8. The van der Waals surface area contributed by atoms with E-state index in [1.54, 1.807) is 0 Å². The number of primary amides is 1. The first-order valence-corrected chi connectivity index (χ1v) is 12.8. The summed E-state index contributed by atoms with van der Waals surface area (Å²) in [7, 11) is 0. The van der Waals surface area contributed by atoms with Gasteiger partial charge < -0.3 is 30.2 Å². The molecule has 0 saturated carbocycles. The maximum Gasteiger partial charge on any atom is 0.250 e. The van der Waals surface area contributed by atoms with Crippen LogP contribution < -0.4 is 20.5 Å². The van der Waals surface area contributed by atoms with Crippen molar-refractivity contribution >= 4 is 16.8 Å². The standard InChI is InChI=1S/C29H41N3O4/c1-6-21-8-9-25(26(19-21)36-29(3,4)5)35-15-11-31-20(2)16-22-17-23-10-13-32(12-7-14-33)27(23)24(18-22)28(30)34/h8-10,13,17-20,31,33H,6-7,11-12,14-16H2,1-5H3,(H2,30,34)/t20-/m1/s1. The van der Waals surface area contributed by atoms with E-state index >= 15 is 0 Å². The van der Waals surface area contributed by atoms with Crippen LogP contribution in [0.1, 0.15) is 62.5 Å². The minimum Gasteiger partial charge on any atom is -0.488 e. The van der Waals surface area contributed by atoms with Gasteiger partial charge in [-0.1, -0.05) is 13.0 Å². The summed E-state index contributed by atoms with van der Waals surface area (Å²) in [6.45, 7) is 12.3. The number of aromatic nitrogens is 1. The van der Waals surface area contributed by atoms with Gasteiger partial charge in [0.05, 0.1) is 11.1 Å². The zero-order valence-electron chi connectivity index (χ0n) is 22.3. The van der Waals surface area contributed by atoms with Crippen LogP contribution in [0.4, 0.5) is 0 Å². The predicted molar refractivity (Wildman–Crippen MR) is 145 cm³/mol. The molecule has 7 heteroatoms. The van der Waals surface area contributed by atoms with E-state index in [-0.39, 0.29) is 18.2 Å². The zero-order chi connectivity index (χ0) is 26.3. The molecule has 4 N–H and O–H groups in total. The lowest BCUT2D eigenvalue weighted by atomic mass is 10.0. The Morgan fingerprint density at radius 3 is 2.58 bits per heavy atom. The van der Waals surface area contributed by atoms with E-state index in [9.17, 15) is 4.79 Å². The van der Waals surface area contributed by atoms with Crippen molar-refractivity contribution in [3.63, 3.8) is 0 Å². The molecule has 36 heavy (non-hydrogen) atoms. The van der Waals surface area contributed by atoms with E-state index in [0.29, 0.717) is 31.7 Å². The highest BCUT2D eigenvalue weighted by Crippen LogP contribution is 2.31. The van der Waals surface area contributed by atoms with Crippen molar-refractivity contribution in [1.82, 2.24) is 9.88 Å². The van der Waals surface area contributed by atoms with Crippen LogP contribution in [0.25, 0.3) is 10.9 Å². The van der Waals surface area contributed by atoms with E-state index < -0.39 is 5.91 Å². The van der Waals surface area contributed by atoms with Gasteiger partial charge in [0.25, 0.3) is 5.91 Å². The Labute approximate surface area is 214 Å². The van der Waals surface area contributed by atoms with Crippen molar-refractivity contribution in [3.8, 4) is 11.5 Å². The molecule has 3 rings (SSSR count). The van der Waals surface area contributed by atoms with Gasteiger partial charge in [0, 0.05) is 37.3 Å². The zero-order valence-corrected chi connectivity index (χ0v) is 22.3. The first-order chi connectivity index (χ1) is 17.1. The Morgan fingerprint density at radius 2 is 1.92 bits per heavy atom. The summed E-state index contributed by atoms with van der Waals surface area (Å²) in [5.74, 6) is 1.08. The summed E-state index contributed by atoms with van der Waals surface area (Å²) in [6, 6.07) is 12.3. The second kappa shape index (κ2) is 12.3. The molecule has 1 atom stereocenters. The van der Waals surface area contributed by atoms with Crippen molar-refractivity contribution < 1.29 is 19.4 Å². The number of nitrogens with two attached hydrogens (primary N) is 1. The molecule has 0 aliphatic heterocycles. The number of carbonyl (C=O) groups excluding carboxylic acids is 1. The van der Waals surface area contributed by atoms with Crippen LogP contribution >= 0.6 is 0 Å². The van der Waals surface area contributed by atoms with Gasteiger partial charge >= 0.3 is 0 Å². The number of benzene rings is 2. The number of nitrogens with zero attached hydrogens (tertiary/aromatic N) is 1. The highest BCUT2D eigenvalue weighted by Gasteiger charge is 2.17. The molecule has 0 spiro atoms. The van der Waals surface area contributed by atoms with Crippen LogP contribution in [0.3, 0.4) is 0 Å². The molecule has 0 saturated heterocycles. The van der Waals surface area contributed by atoms with Gasteiger partial charge in [-0.05, 0) is 88.4 Å². The lowest BCUT2D eigenvalue weighted by Gasteiger charge is -2.24. The number of carbonyl (C=O) groups is 1. The average Bonchev–Trinajstić information content (AvgIpc) is 3.22. The molecule has 0 unspecified atom stereocenters. The van der Waals surface area contributed by atoms with E-state index in [4.69, 9.17) is 20.3 Å². The Morgan fingerprint density at radius 1 is 1.14 bits per heavy atom. The van der Waals surface area contributed by atoms with Gasteiger partial charge in [-0.25, -0.2) is 0 Å². The van der Waals surface area contributed by atoms with Crippen LogP contribution in [-0.4, -0.2) is 47.0 Å². The van der Waals surface area contributed by atoms with Crippen LogP contribution in [0.2, 0.25) is 0 Å². The normalized spacial score (nSPS) is 12.6. The fraction of sp³-hybridized carbons (Fsp3) is 0.483. The quantitative estimate of drug-likeness (QED) is 0.304. The minimum atomic E-state index is -0.442. The average molecular weight is 496 g/mol. The third kappa shape index (κ3) is 7.48. The minimum absolute atomic E-state index is 0.103. The summed E-state index contributed by atoms with van der Waals surface area (Å²) in [5, 5.41) is 13.7. The molecule has 0 aliphatic rings. The fourth-order valence-electron chi connectivity index (χ4n) is 4.34. The Hall–Kier alpha value is -3.03. The van der Waals surface area contributed by atoms with Crippen LogP contribution in [0, 0.1) is 0 Å². The number of fused-ring (bicyclic) bond motifs is 1. The molecular weight excluding hydrogens is 454 g/mol. The van der Waals surface area contributed by atoms with Gasteiger partial charge in [-0.2, -0.15) is 0 Å². The number of aryl methyl sites for hydroxylation is 2. The second-order valence-corrected chi connectivity index (χ2v) is 10.3. The number of aliphatic hydroxyl groups excluding tert-OH is 1. The number of ether oxygens (including phenoxy) is 2. The molecule has 2 aromatic carbocycles. The summed E-state index contributed by atoms with van der Waals surface area (Å²) < 4.78 is 14.2. The maximum atomic E-state index is 12.2. The molecule has 0 aliphatic carbocycles. The molecule has 0 bridgehead atoms. The van der Waals surface area contributed by atoms with Gasteiger partial charge in [-0.15, -0.1) is 0 Å². The second-order valence-electron chi connectivity index (χ2n) is 10.3. The lowest BCUT2D eigenvalue weighted by molar-refractivity contribution is 0.100. The number of hydrogen-bond donors (Lipinski definition) is 3. The topological polar surface area (TPSA) is 98.7 Å². The van der Waals surface area contributed by atoms with Crippen molar-refractivity contribution in [2.24, 2.45) is 5.73 Å². The Kier molecular flexibility index (Phi) is 9.40. The summed E-state index contributed by atoms with van der Waals surface area (Å²) in [4.78, 5) is 12.2. The summed E-state index contributed by atoms with van der Waals surface area (Å²) >= 11 is 0. The number of rotatable bonds is 13. The van der Waals surface area contributed by atoms with E-state index in [0.717, 1.165) is 40.8 Å². The lowest BCUT2D eigenvalue weighted by Crippen LogP contribution is -2.32. The predicted octanol–water partition coefficient (Wildman–Crippen LogP) is 4.46. The maximum absolute atomic E-state index is 12.2. The molecule has 0 fully saturated rings. The number of hydrogen-bond acceptors (Lipinski definition) is 5. The number of aliphatic hydroxyl groups is 1. The highest BCUT2D eigenvalue weighted by molar-refractivity contribution is 6.05. The van der Waals surface area contributed by atoms with E-state index in [1.165, 1.54) is 5.56 Å². The van der Waals surface area contributed by atoms with Gasteiger partial charge in [0.1, 0.15) is 12.2 Å². The summed E-state index contributed by atoms with van der Waals surface area (Å²) in [5.41, 5.74) is 9.02. The Bertz CT molecular complexity index is 1160. The number of amides is 1. The van der Waals surface area contributed by atoms with E-state index in [2.05, 4.69) is 37.4 Å². The van der Waals surface area contributed by atoms with Crippen LogP contribution in [-0.2, 0) is 19.4 Å². The molecule has 1 amide bonds. The van der Waals surface area contributed by atoms with Gasteiger partial charge in [0.15, 0.2) is 11.5 Å². The van der Waals surface area contributed by atoms with Crippen LogP contribution in [0.15, 0.2) is 42.6 Å². The van der Waals surface area contributed by atoms with Crippen molar-refractivity contribution in [1.29, 1.82) is 0 Å². The molecule has 1 heterocycles. The van der Waals surface area contributed by atoms with Gasteiger partial charge in [0.2, 0.25) is 0 Å². The number of nitrogens with one attached hydrogen (secondary N) is 1. The van der Waals surface area contributed by atoms with E-state index in [1.807, 2.05) is 49.7 Å². The molecule has 7 nitrogen and oxygen atoms in total. The monoisotopic (exact) mass is 495 g/mol. The molecule has 3 aromatic rings. The third-order valence-electron chi connectivity index (χ3n) is 5.97. The molecule has 196 valence electrons.